The van der Waals surface area contributed by atoms with Gasteiger partial charge >= 0.3 is 0 Å². The second-order valence-corrected chi connectivity index (χ2v) is 5.19. The Bertz CT molecular complexity index is 516. The number of benzene rings is 1. The highest BCUT2D eigenvalue weighted by atomic mass is 16.3. The Morgan fingerprint density at radius 3 is 2.25 bits per heavy atom. The zero-order chi connectivity index (χ0) is 14.4. The Morgan fingerprint density at radius 1 is 1.00 bits per heavy atom. The van der Waals surface area contributed by atoms with Crippen molar-refractivity contribution in [2.24, 2.45) is 0 Å². The number of aliphatic hydroxyl groups is 1. The number of aromatic nitrogens is 1. The molecule has 1 N–H and O–H groups in total. The molecule has 0 fully saturated rings. The van der Waals surface area contributed by atoms with Crippen LogP contribution in [0, 0.1) is 0 Å². The first-order valence-corrected chi connectivity index (χ1v) is 7.48. The van der Waals surface area contributed by atoms with Crippen LogP contribution in [0.4, 0.5) is 0 Å². The Morgan fingerprint density at radius 2 is 1.70 bits per heavy atom. The van der Waals surface area contributed by atoms with Crippen molar-refractivity contribution in [2.75, 3.05) is 0 Å². The molecule has 2 nitrogen and oxygen atoms in total. The quantitative estimate of drug-likeness (QED) is 0.835. The smallest absolute Gasteiger partial charge is 0.0787 e. The number of aliphatic hydroxyl groups excluding tert-OH is 1. The van der Waals surface area contributed by atoms with Gasteiger partial charge in [0.15, 0.2) is 0 Å². The molecule has 2 aromatic rings. The molecule has 0 aliphatic heterocycles. The number of pyridine rings is 1. The largest absolute Gasteiger partial charge is 0.388 e. The minimum atomic E-state index is -0.362. The van der Waals surface area contributed by atoms with Crippen LogP contribution in [-0.4, -0.2) is 10.1 Å². The number of unbranched alkanes of at least 4 members (excludes halogenated alkanes) is 1. The fraction of sp³-hybridized carbons (Fsp3) is 0.389. The lowest BCUT2D eigenvalue weighted by Gasteiger charge is -2.09. The third-order valence-corrected chi connectivity index (χ3v) is 3.63. The summed E-state index contributed by atoms with van der Waals surface area (Å²) < 4.78 is 0. The predicted octanol–water partition coefficient (Wildman–Crippen LogP) is 4.53. The van der Waals surface area contributed by atoms with Crippen LogP contribution in [0.5, 0.6) is 0 Å². The number of rotatable bonds is 6. The Balaban J connectivity index is 2.11. The fourth-order valence-electron chi connectivity index (χ4n) is 2.23. The van der Waals surface area contributed by atoms with Gasteiger partial charge in [-0.15, -0.1) is 0 Å². The van der Waals surface area contributed by atoms with Crippen molar-refractivity contribution in [3.8, 4) is 11.1 Å². The molecule has 0 aliphatic carbocycles. The van der Waals surface area contributed by atoms with E-state index < -0.39 is 0 Å². The van der Waals surface area contributed by atoms with Crippen LogP contribution < -0.4 is 0 Å². The van der Waals surface area contributed by atoms with Crippen molar-refractivity contribution < 1.29 is 5.11 Å². The topological polar surface area (TPSA) is 33.1 Å². The molecule has 2 rings (SSSR count). The second-order valence-electron chi connectivity index (χ2n) is 5.19. The van der Waals surface area contributed by atoms with Crippen LogP contribution in [-0.2, 0) is 6.42 Å². The molecular formula is C18H23NO. The standard InChI is InChI=1S/C18H23NO/c1-3-5-6-17-12-11-16(13-19-17)14-7-9-15(10-8-14)18(20)4-2/h7-13,18,20H,3-6H2,1-2H3. The zero-order valence-corrected chi connectivity index (χ0v) is 12.3. The first-order valence-electron chi connectivity index (χ1n) is 7.48. The van der Waals surface area contributed by atoms with Gasteiger partial charge in [0.25, 0.3) is 0 Å². The number of hydrogen-bond acceptors (Lipinski definition) is 2. The summed E-state index contributed by atoms with van der Waals surface area (Å²) in [7, 11) is 0. The Kier molecular flexibility index (Phi) is 5.31. The maximum absolute atomic E-state index is 9.80. The first kappa shape index (κ1) is 14.7. The highest BCUT2D eigenvalue weighted by molar-refractivity contribution is 5.62. The fourth-order valence-corrected chi connectivity index (χ4v) is 2.23. The van der Waals surface area contributed by atoms with Crippen LogP contribution in [0.15, 0.2) is 42.6 Å². The minimum absolute atomic E-state index is 0.362. The molecule has 0 saturated heterocycles. The van der Waals surface area contributed by atoms with E-state index in [4.69, 9.17) is 0 Å². The van der Waals surface area contributed by atoms with E-state index in [9.17, 15) is 5.11 Å². The summed E-state index contributed by atoms with van der Waals surface area (Å²) in [6.45, 7) is 4.18. The molecule has 106 valence electrons. The van der Waals surface area contributed by atoms with Crippen LogP contribution in [0.2, 0.25) is 0 Å². The summed E-state index contributed by atoms with van der Waals surface area (Å²) in [5, 5.41) is 9.80. The molecule has 1 unspecified atom stereocenters. The molecule has 0 spiro atoms. The molecule has 0 bridgehead atoms. The van der Waals surface area contributed by atoms with Crippen molar-refractivity contribution in [1.29, 1.82) is 0 Å². The summed E-state index contributed by atoms with van der Waals surface area (Å²) in [4.78, 5) is 4.52. The maximum atomic E-state index is 9.80. The van der Waals surface area contributed by atoms with Crippen molar-refractivity contribution in [3.05, 3.63) is 53.9 Å². The van der Waals surface area contributed by atoms with Crippen LogP contribution in [0.25, 0.3) is 11.1 Å². The Labute approximate surface area is 121 Å². The van der Waals surface area contributed by atoms with E-state index in [0.29, 0.717) is 0 Å². The summed E-state index contributed by atoms with van der Waals surface area (Å²) >= 11 is 0. The van der Waals surface area contributed by atoms with Gasteiger partial charge in [0.2, 0.25) is 0 Å². The van der Waals surface area contributed by atoms with Gasteiger partial charge in [-0.25, -0.2) is 0 Å². The number of hydrogen-bond donors (Lipinski definition) is 1. The molecule has 20 heavy (non-hydrogen) atoms. The van der Waals surface area contributed by atoms with Crippen LogP contribution in [0.1, 0.15) is 50.5 Å². The molecule has 1 heterocycles. The van der Waals surface area contributed by atoms with Gasteiger partial charge in [-0.1, -0.05) is 50.6 Å². The molecule has 0 radical (unpaired) electrons. The van der Waals surface area contributed by atoms with E-state index in [0.717, 1.165) is 35.2 Å². The lowest BCUT2D eigenvalue weighted by molar-refractivity contribution is 0.173. The number of aryl methyl sites for hydroxylation is 1. The lowest BCUT2D eigenvalue weighted by Crippen LogP contribution is -1.94. The van der Waals surface area contributed by atoms with Crippen LogP contribution >= 0.6 is 0 Å². The average molecular weight is 269 g/mol. The third-order valence-electron chi connectivity index (χ3n) is 3.63. The monoisotopic (exact) mass is 269 g/mol. The SMILES string of the molecule is CCCCc1ccc(-c2ccc(C(O)CC)cc2)cn1. The average Bonchev–Trinajstić information content (AvgIpc) is 2.53. The third kappa shape index (κ3) is 3.67. The summed E-state index contributed by atoms with van der Waals surface area (Å²) in [6, 6.07) is 12.3. The Hall–Kier alpha value is -1.67. The zero-order valence-electron chi connectivity index (χ0n) is 12.3. The molecular weight excluding hydrogens is 246 g/mol. The predicted molar refractivity (Wildman–Crippen MR) is 83.5 cm³/mol. The maximum Gasteiger partial charge on any atom is 0.0787 e. The van der Waals surface area contributed by atoms with Gasteiger partial charge in [-0.05, 0) is 36.5 Å². The van der Waals surface area contributed by atoms with Crippen molar-refractivity contribution in [1.82, 2.24) is 4.98 Å². The molecule has 1 atom stereocenters. The van der Waals surface area contributed by atoms with Crippen molar-refractivity contribution >= 4 is 0 Å². The van der Waals surface area contributed by atoms with Crippen molar-refractivity contribution in [2.45, 2.75) is 45.6 Å². The van der Waals surface area contributed by atoms with Gasteiger partial charge in [-0.2, -0.15) is 0 Å². The van der Waals surface area contributed by atoms with E-state index >= 15 is 0 Å². The highest BCUT2D eigenvalue weighted by Crippen LogP contribution is 2.23. The summed E-state index contributed by atoms with van der Waals surface area (Å²) in [6.07, 6.45) is 5.76. The summed E-state index contributed by atoms with van der Waals surface area (Å²) in [5.41, 5.74) is 4.41. The van der Waals surface area contributed by atoms with E-state index in [1.807, 2.05) is 25.3 Å². The second kappa shape index (κ2) is 7.20. The molecule has 0 aliphatic rings. The lowest BCUT2D eigenvalue weighted by atomic mass is 10.0. The van der Waals surface area contributed by atoms with Crippen molar-refractivity contribution in [3.63, 3.8) is 0 Å². The van der Waals surface area contributed by atoms with Gasteiger partial charge in [0.05, 0.1) is 6.10 Å². The molecule has 0 amide bonds. The van der Waals surface area contributed by atoms with E-state index in [1.54, 1.807) is 0 Å². The van der Waals surface area contributed by atoms with Gasteiger partial charge in [-0.3, -0.25) is 4.98 Å². The van der Waals surface area contributed by atoms with Gasteiger partial charge in [0.1, 0.15) is 0 Å². The summed E-state index contributed by atoms with van der Waals surface area (Å²) in [5.74, 6) is 0. The molecule has 1 aromatic carbocycles. The van der Waals surface area contributed by atoms with E-state index in [2.05, 4.69) is 36.2 Å². The molecule has 0 saturated carbocycles. The minimum Gasteiger partial charge on any atom is -0.388 e. The highest BCUT2D eigenvalue weighted by Gasteiger charge is 2.05. The molecule has 1 aromatic heterocycles. The van der Waals surface area contributed by atoms with Gasteiger partial charge < -0.3 is 5.11 Å². The van der Waals surface area contributed by atoms with Gasteiger partial charge in [0, 0.05) is 17.5 Å². The normalized spacial score (nSPS) is 12.3. The van der Waals surface area contributed by atoms with E-state index in [1.165, 1.54) is 12.8 Å². The van der Waals surface area contributed by atoms with Crippen LogP contribution in [0.3, 0.4) is 0 Å². The molecule has 2 heteroatoms. The first-order chi connectivity index (χ1) is 9.74. The number of nitrogens with zero attached hydrogens (tertiary/aromatic N) is 1. The van der Waals surface area contributed by atoms with E-state index in [-0.39, 0.29) is 6.10 Å².